The van der Waals surface area contributed by atoms with Crippen LogP contribution in [0.3, 0.4) is 0 Å². The Bertz CT molecular complexity index is 376. The van der Waals surface area contributed by atoms with E-state index in [2.05, 4.69) is 20.8 Å². The lowest BCUT2D eigenvalue weighted by molar-refractivity contribution is 0.0696. The molecule has 1 fully saturated rings. The highest BCUT2D eigenvalue weighted by atomic mass is 32.1. The summed E-state index contributed by atoms with van der Waals surface area (Å²) in [5, 5.41) is 14.8. The molecule has 0 radical (unpaired) electrons. The maximum atomic E-state index is 11.9. The van der Waals surface area contributed by atoms with Crippen LogP contribution < -0.4 is 10.6 Å². The number of aromatic nitrogens is 2. The van der Waals surface area contributed by atoms with Gasteiger partial charge in [0, 0.05) is 25.8 Å². The Morgan fingerprint density at radius 3 is 2.94 bits per heavy atom. The highest BCUT2D eigenvalue weighted by Crippen LogP contribution is 2.15. The Morgan fingerprint density at radius 2 is 2.24 bits per heavy atom. The third-order valence-electron chi connectivity index (χ3n) is 2.50. The molecule has 0 aromatic carbocycles. The van der Waals surface area contributed by atoms with Crippen molar-refractivity contribution in [3.8, 4) is 0 Å². The van der Waals surface area contributed by atoms with Crippen molar-refractivity contribution in [2.24, 2.45) is 0 Å². The highest BCUT2D eigenvalue weighted by Gasteiger charge is 2.19. The highest BCUT2D eigenvalue weighted by molar-refractivity contribution is 7.17. The lowest BCUT2D eigenvalue weighted by atomic mass is 10.1. The average Bonchev–Trinajstić information content (AvgIpc) is 2.79. The molecule has 1 aliphatic rings. The summed E-state index contributed by atoms with van der Waals surface area (Å²) in [4.78, 5) is 11.9. The van der Waals surface area contributed by atoms with E-state index in [4.69, 9.17) is 4.74 Å². The number of carbonyl (C=O) groups excluding carboxylic acids is 1. The van der Waals surface area contributed by atoms with Crippen LogP contribution in [-0.4, -0.2) is 41.9 Å². The summed E-state index contributed by atoms with van der Waals surface area (Å²) in [6.45, 7) is 4.17. The molecule has 2 rings (SSSR count). The fourth-order valence-electron chi connectivity index (χ4n) is 1.63. The van der Waals surface area contributed by atoms with Crippen LogP contribution in [0.15, 0.2) is 0 Å². The van der Waals surface area contributed by atoms with Crippen molar-refractivity contribution in [3.63, 3.8) is 0 Å². The summed E-state index contributed by atoms with van der Waals surface area (Å²) >= 11 is 1.28. The molecule has 0 unspecified atom stereocenters. The van der Waals surface area contributed by atoms with Gasteiger partial charge in [-0.15, -0.1) is 10.2 Å². The molecule has 2 N–H and O–H groups in total. The number of hydrogen-bond donors (Lipinski definition) is 2. The Kier molecular flexibility index (Phi) is 4.27. The summed E-state index contributed by atoms with van der Waals surface area (Å²) in [6, 6.07) is 0.197. The van der Waals surface area contributed by atoms with Gasteiger partial charge in [0.05, 0.1) is 0 Å². The lowest BCUT2D eigenvalue weighted by Gasteiger charge is -2.22. The van der Waals surface area contributed by atoms with E-state index in [1.165, 1.54) is 11.3 Å². The van der Waals surface area contributed by atoms with Crippen molar-refractivity contribution >= 4 is 22.4 Å². The van der Waals surface area contributed by atoms with E-state index in [9.17, 15) is 4.79 Å². The molecule has 0 saturated carbocycles. The van der Waals surface area contributed by atoms with Crippen LogP contribution in [0.5, 0.6) is 0 Å². The molecule has 6 nitrogen and oxygen atoms in total. The summed E-state index contributed by atoms with van der Waals surface area (Å²) in [5.41, 5.74) is 0. The number of rotatable bonds is 4. The summed E-state index contributed by atoms with van der Waals surface area (Å²) < 4.78 is 5.24. The van der Waals surface area contributed by atoms with Crippen LogP contribution >= 0.6 is 11.3 Å². The van der Waals surface area contributed by atoms with Gasteiger partial charge in [0.15, 0.2) is 0 Å². The number of anilines is 1. The standard InChI is InChI=1S/C10H16N4O2S/c1-2-11-10-14-13-9(17-10)8(15)12-7-3-5-16-6-4-7/h7H,2-6H2,1H3,(H,11,14)(H,12,15). The monoisotopic (exact) mass is 256 g/mol. The van der Waals surface area contributed by atoms with Crippen LogP contribution in [0.25, 0.3) is 0 Å². The Balaban J connectivity index is 1.89. The van der Waals surface area contributed by atoms with E-state index in [1.54, 1.807) is 0 Å². The normalized spacial score (nSPS) is 16.8. The average molecular weight is 256 g/mol. The van der Waals surface area contributed by atoms with Gasteiger partial charge in [-0.25, -0.2) is 0 Å². The Morgan fingerprint density at radius 1 is 1.47 bits per heavy atom. The minimum atomic E-state index is -0.140. The predicted octanol–water partition coefficient (Wildman–Crippen LogP) is 0.879. The third-order valence-corrected chi connectivity index (χ3v) is 3.38. The van der Waals surface area contributed by atoms with E-state index in [0.29, 0.717) is 23.4 Å². The summed E-state index contributed by atoms with van der Waals surface area (Å²) in [5.74, 6) is -0.140. The van der Waals surface area contributed by atoms with Gasteiger partial charge in [-0.3, -0.25) is 4.79 Å². The molecule has 1 aromatic heterocycles. The first-order valence-electron chi connectivity index (χ1n) is 5.75. The second-order valence-electron chi connectivity index (χ2n) is 3.80. The molecule has 0 aliphatic carbocycles. The van der Waals surface area contributed by atoms with E-state index >= 15 is 0 Å². The van der Waals surface area contributed by atoms with E-state index in [-0.39, 0.29) is 11.9 Å². The fraction of sp³-hybridized carbons (Fsp3) is 0.700. The molecule has 1 aliphatic heterocycles. The fourth-order valence-corrected chi connectivity index (χ4v) is 2.34. The molecule has 2 heterocycles. The zero-order valence-electron chi connectivity index (χ0n) is 9.73. The molecule has 94 valence electrons. The van der Waals surface area contributed by atoms with Crippen molar-refractivity contribution in [2.75, 3.05) is 25.1 Å². The second-order valence-corrected chi connectivity index (χ2v) is 4.78. The van der Waals surface area contributed by atoms with Gasteiger partial charge in [0.25, 0.3) is 5.91 Å². The molecule has 1 amide bonds. The number of carbonyl (C=O) groups is 1. The largest absolute Gasteiger partial charge is 0.381 e. The Labute approximate surface area is 104 Å². The van der Waals surface area contributed by atoms with Crippen LogP contribution in [0.4, 0.5) is 5.13 Å². The Hall–Kier alpha value is -1.21. The van der Waals surface area contributed by atoms with Crippen molar-refractivity contribution in [3.05, 3.63) is 5.01 Å². The van der Waals surface area contributed by atoms with Crippen LogP contribution in [0, 0.1) is 0 Å². The molecule has 1 saturated heterocycles. The van der Waals surface area contributed by atoms with Gasteiger partial charge in [0.1, 0.15) is 0 Å². The number of nitrogens with zero attached hydrogens (tertiary/aromatic N) is 2. The quantitative estimate of drug-likeness (QED) is 0.836. The van der Waals surface area contributed by atoms with Crippen molar-refractivity contribution in [1.29, 1.82) is 0 Å². The van der Waals surface area contributed by atoms with E-state index in [0.717, 1.165) is 19.4 Å². The maximum absolute atomic E-state index is 11.9. The topological polar surface area (TPSA) is 76.1 Å². The SMILES string of the molecule is CCNc1nnc(C(=O)NC2CCOCC2)s1. The molecular weight excluding hydrogens is 240 g/mol. The van der Waals surface area contributed by atoms with E-state index < -0.39 is 0 Å². The molecule has 7 heteroatoms. The molecule has 17 heavy (non-hydrogen) atoms. The van der Waals surface area contributed by atoms with Gasteiger partial charge in [-0.1, -0.05) is 11.3 Å². The molecule has 0 spiro atoms. The van der Waals surface area contributed by atoms with Gasteiger partial charge in [-0.2, -0.15) is 0 Å². The zero-order valence-corrected chi connectivity index (χ0v) is 10.5. The second kappa shape index (κ2) is 5.92. The first kappa shape index (κ1) is 12.3. The number of ether oxygens (including phenoxy) is 1. The number of nitrogens with one attached hydrogen (secondary N) is 2. The number of hydrogen-bond acceptors (Lipinski definition) is 6. The van der Waals surface area contributed by atoms with Crippen LogP contribution in [0.2, 0.25) is 0 Å². The molecular formula is C10H16N4O2S. The lowest BCUT2D eigenvalue weighted by Crippen LogP contribution is -2.38. The third kappa shape index (κ3) is 3.37. The van der Waals surface area contributed by atoms with Crippen molar-refractivity contribution in [1.82, 2.24) is 15.5 Å². The zero-order chi connectivity index (χ0) is 12.1. The minimum absolute atomic E-state index is 0.140. The first-order chi connectivity index (χ1) is 8.29. The molecule has 1 aromatic rings. The summed E-state index contributed by atoms with van der Waals surface area (Å²) in [6.07, 6.45) is 1.73. The van der Waals surface area contributed by atoms with Crippen molar-refractivity contribution < 1.29 is 9.53 Å². The van der Waals surface area contributed by atoms with Crippen LogP contribution in [0.1, 0.15) is 29.6 Å². The van der Waals surface area contributed by atoms with Gasteiger partial charge >= 0.3 is 0 Å². The van der Waals surface area contributed by atoms with E-state index in [1.807, 2.05) is 6.92 Å². The first-order valence-corrected chi connectivity index (χ1v) is 6.57. The number of amides is 1. The van der Waals surface area contributed by atoms with Gasteiger partial charge in [-0.05, 0) is 19.8 Å². The van der Waals surface area contributed by atoms with Crippen molar-refractivity contribution in [2.45, 2.75) is 25.8 Å². The molecule has 0 bridgehead atoms. The minimum Gasteiger partial charge on any atom is -0.381 e. The van der Waals surface area contributed by atoms with Crippen LogP contribution in [-0.2, 0) is 4.74 Å². The maximum Gasteiger partial charge on any atom is 0.282 e. The summed E-state index contributed by atoms with van der Waals surface area (Å²) in [7, 11) is 0. The molecule has 0 atom stereocenters. The van der Waals surface area contributed by atoms with Gasteiger partial charge < -0.3 is 15.4 Å². The van der Waals surface area contributed by atoms with Gasteiger partial charge in [0.2, 0.25) is 10.1 Å². The predicted molar refractivity (Wildman–Crippen MR) is 65.4 cm³/mol. The smallest absolute Gasteiger partial charge is 0.282 e.